The van der Waals surface area contributed by atoms with Gasteiger partial charge in [-0.05, 0) is 12.0 Å². The Labute approximate surface area is 99.6 Å². The lowest BCUT2D eigenvalue weighted by Crippen LogP contribution is -2.27. The molecular formula is C12H13FO3S. The number of halogens is 1. The second-order valence-electron chi connectivity index (χ2n) is 4.49. The Morgan fingerprint density at radius 3 is 2.65 bits per heavy atom. The van der Waals surface area contributed by atoms with Crippen molar-refractivity contribution >= 4 is 16.1 Å². The van der Waals surface area contributed by atoms with Crippen molar-refractivity contribution in [3.05, 3.63) is 35.4 Å². The molecule has 0 saturated carbocycles. The average molecular weight is 256 g/mol. The molecular weight excluding hydrogens is 243 g/mol. The summed E-state index contributed by atoms with van der Waals surface area (Å²) >= 11 is 0. The summed E-state index contributed by atoms with van der Waals surface area (Å²) in [5, 5.41) is 0. The van der Waals surface area contributed by atoms with E-state index in [0.29, 0.717) is 17.4 Å². The van der Waals surface area contributed by atoms with Crippen LogP contribution in [0.2, 0.25) is 0 Å². The van der Waals surface area contributed by atoms with Gasteiger partial charge in [0, 0.05) is 12.0 Å². The number of aldehydes is 1. The SMILES string of the molecule is O=Cc1ccccc1CC1(F)CCS(=O)(=O)C1. The fourth-order valence-electron chi connectivity index (χ4n) is 2.17. The maximum Gasteiger partial charge on any atom is 0.153 e. The number of carbonyl (C=O) groups is 1. The van der Waals surface area contributed by atoms with Crippen LogP contribution >= 0.6 is 0 Å². The van der Waals surface area contributed by atoms with E-state index in [0.717, 1.165) is 0 Å². The minimum atomic E-state index is -3.26. The molecule has 0 radical (unpaired) electrons. The van der Waals surface area contributed by atoms with Crippen molar-refractivity contribution in [3.8, 4) is 0 Å². The van der Waals surface area contributed by atoms with Crippen LogP contribution in [0.25, 0.3) is 0 Å². The normalized spacial score (nSPS) is 26.9. The molecule has 1 aromatic carbocycles. The third-order valence-corrected chi connectivity index (χ3v) is 4.81. The molecule has 1 saturated heterocycles. The lowest BCUT2D eigenvalue weighted by atomic mass is 9.93. The molecule has 1 aromatic rings. The highest BCUT2D eigenvalue weighted by atomic mass is 32.2. The highest BCUT2D eigenvalue weighted by molar-refractivity contribution is 7.91. The van der Waals surface area contributed by atoms with E-state index in [1.165, 1.54) is 0 Å². The molecule has 0 spiro atoms. The monoisotopic (exact) mass is 256 g/mol. The number of alkyl halides is 1. The summed E-state index contributed by atoms with van der Waals surface area (Å²) < 4.78 is 36.9. The molecule has 1 heterocycles. The van der Waals surface area contributed by atoms with Crippen molar-refractivity contribution in [2.45, 2.75) is 18.5 Å². The summed E-state index contributed by atoms with van der Waals surface area (Å²) in [4.78, 5) is 10.8. The van der Waals surface area contributed by atoms with E-state index in [4.69, 9.17) is 0 Å². The zero-order valence-corrected chi connectivity index (χ0v) is 10.0. The van der Waals surface area contributed by atoms with Crippen LogP contribution in [0.1, 0.15) is 22.3 Å². The molecule has 1 aliphatic heterocycles. The summed E-state index contributed by atoms with van der Waals surface area (Å²) in [6, 6.07) is 6.68. The van der Waals surface area contributed by atoms with E-state index < -0.39 is 21.3 Å². The molecule has 0 aromatic heterocycles. The van der Waals surface area contributed by atoms with Crippen LogP contribution in [0.3, 0.4) is 0 Å². The van der Waals surface area contributed by atoms with Gasteiger partial charge in [0.1, 0.15) is 12.0 Å². The van der Waals surface area contributed by atoms with Crippen LogP contribution in [-0.4, -0.2) is 31.9 Å². The summed E-state index contributed by atoms with van der Waals surface area (Å²) in [6.07, 6.45) is 0.672. The molecule has 3 nitrogen and oxygen atoms in total. The van der Waals surface area contributed by atoms with Gasteiger partial charge in [0.2, 0.25) is 0 Å². The Bertz CT molecular complexity index is 538. The first-order chi connectivity index (χ1) is 7.94. The standard InChI is InChI=1S/C12H13FO3S/c13-12(5-6-17(15,16)9-12)7-10-3-1-2-4-11(10)8-14/h1-4,8H,5-7,9H2. The van der Waals surface area contributed by atoms with Gasteiger partial charge in [-0.3, -0.25) is 4.79 Å². The van der Waals surface area contributed by atoms with Crippen LogP contribution in [0.4, 0.5) is 4.39 Å². The molecule has 2 rings (SSSR count). The first-order valence-electron chi connectivity index (χ1n) is 5.37. The highest BCUT2D eigenvalue weighted by Gasteiger charge is 2.42. The van der Waals surface area contributed by atoms with Gasteiger partial charge in [-0.1, -0.05) is 24.3 Å². The fourth-order valence-corrected chi connectivity index (χ4v) is 4.02. The minimum Gasteiger partial charge on any atom is -0.298 e. The topological polar surface area (TPSA) is 51.2 Å². The highest BCUT2D eigenvalue weighted by Crippen LogP contribution is 2.31. The van der Waals surface area contributed by atoms with Gasteiger partial charge < -0.3 is 0 Å². The second kappa shape index (κ2) is 4.22. The lowest BCUT2D eigenvalue weighted by Gasteiger charge is -2.18. The molecule has 0 amide bonds. The average Bonchev–Trinajstić information content (AvgIpc) is 2.53. The van der Waals surface area contributed by atoms with Gasteiger partial charge in [0.25, 0.3) is 0 Å². The third kappa shape index (κ3) is 2.72. The van der Waals surface area contributed by atoms with Crippen molar-refractivity contribution in [3.63, 3.8) is 0 Å². The molecule has 17 heavy (non-hydrogen) atoms. The Morgan fingerprint density at radius 1 is 1.35 bits per heavy atom. The molecule has 92 valence electrons. The van der Waals surface area contributed by atoms with Crippen LogP contribution in [-0.2, 0) is 16.3 Å². The van der Waals surface area contributed by atoms with E-state index in [-0.39, 0.29) is 18.6 Å². The fraction of sp³-hybridized carbons (Fsp3) is 0.417. The van der Waals surface area contributed by atoms with Gasteiger partial charge in [0.05, 0.1) is 11.5 Å². The smallest absolute Gasteiger partial charge is 0.153 e. The Kier molecular flexibility index (Phi) is 3.03. The molecule has 0 bridgehead atoms. The van der Waals surface area contributed by atoms with E-state index in [9.17, 15) is 17.6 Å². The van der Waals surface area contributed by atoms with E-state index in [1.807, 2.05) is 0 Å². The molecule has 0 aliphatic carbocycles. The predicted octanol–water partition coefficient (Wildman–Crippen LogP) is 1.57. The molecule has 1 fully saturated rings. The summed E-state index contributed by atoms with van der Waals surface area (Å²) in [7, 11) is -3.26. The predicted molar refractivity (Wildman–Crippen MR) is 62.6 cm³/mol. The van der Waals surface area contributed by atoms with Gasteiger partial charge in [-0.15, -0.1) is 0 Å². The zero-order chi connectivity index (χ0) is 12.5. The Morgan fingerprint density at radius 2 is 2.06 bits per heavy atom. The van der Waals surface area contributed by atoms with E-state index in [2.05, 4.69) is 0 Å². The van der Waals surface area contributed by atoms with Gasteiger partial charge in [-0.25, -0.2) is 12.8 Å². The molecule has 1 aliphatic rings. The van der Waals surface area contributed by atoms with Crippen LogP contribution < -0.4 is 0 Å². The minimum absolute atomic E-state index is 0.0128. The molecule has 0 N–H and O–H groups in total. The van der Waals surface area contributed by atoms with Gasteiger partial charge >= 0.3 is 0 Å². The number of rotatable bonds is 3. The summed E-state index contributed by atoms with van der Waals surface area (Å²) in [6.45, 7) is 0. The van der Waals surface area contributed by atoms with E-state index >= 15 is 0 Å². The quantitative estimate of drug-likeness (QED) is 0.771. The zero-order valence-electron chi connectivity index (χ0n) is 9.23. The van der Waals surface area contributed by atoms with Crippen molar-refractivity contribution in [2.24, 2.45) is 0 Å². The largest absolute Gasteiger partial charge is 0.298 e. The van der Waals surface area contributed by atoms with Crippen molar-refractivity contribution in [1.82, 2.24) is 0 Å². The maximum absolute atomic E-state index is 14.3. The number of hydrogen-bond donors (Lipinski definition) is 0. The first-order valence-corrected chi connectivity index (χ1v) is 7.19. The molecule has 1 unspecified atom stereocenters. The number of hydrogen-bond acceptors (Lipinski definition) is 3. The lowest BCUT2D eigenvalue weighted by molar-refractivity contribution is 0.112. The summed E-state index contributed by atoms with van der Waals surface area (Å²) in [5.74, 6) is -0.542. The van der Waals surface area contributed by atoms with Crippen molar-refractivity contribution in [1.29, 1.82) is 0 Å². The second-order valence-corrected chi connectivity index (χ2v) is 6.67. The van der Waals surface area contributed by atoms with Gasteiger partial charge in [0.15, 0.2) is 9.84 Å². The van der Waals surface area contributed by atoms with Crippen molar-refractivity contribution in [2.75, 3.05) is 11.5 Å². The Hall–Kier alpha value is -1.23. The van der Waals surface area contributed by atoms with Crippen LogP contribution in [0.5, 0.6) is 0 Å². The number of sulfone groups is 1. The number of carbonyl (C=O) groups excluding carboxylic acids is 1. The maximum atomic E-state index is 14.3. The molecule has 1 atom stereocenters. The third-order valence-electron chi connectivity index (χ3n) is 3.03. The first kappa shape index (κ1) is 12.2. The van der Waals surface area contributed by atoms with Crippen LogP contribution in [0.15, 0.2) is 24.3 Å². The van der Waals surface area contributed by atoms with Crippen LogP contribution in [0, 0.1) is 0 Å². The Balaban J connectivity index is 2.24. The molecule has 5 heteroatoms. The van der Waals surface area contributed by atoms with E-state index in [1.54, 1.807) is 24.3 Å². The van der Waals surface area contributed by atoms with Crippen molar-refractivity contribution < 1.29 is 17.6 Å². The number of benzene rings is 1. The van der Waals surface area contributed by atoms with Gasteiger partial charge in [-0.2, -0.15) is 0 Å². The summed E-state index contributed by atoms with van der Waals surface area (Å²) in [5.41, 5.74) is -0.728.